The van der Waals surface area contributed by atoms with E-state index in [-0.39, 0.29) is 83.4 Å². The Morgan fingerprint density at radius 3 is 0.600 bits per heavy atom. The largest absolute Gasteiger partial charge is 2.00 e. The van der Waals surface area contributed by atoms with Gasteiger partial charge in [0.25, 0.3) is 23.6 Å². The summed E-state index contributed by atoms with van der Waals surface area (Å²) in [6, 6.07) is 47.0. The fourth-order valence-electron chi connectivity index (χ4n) is 11.8. The molecule has 0 bridgehead atoms. The van der Waals surface area contributed by atoms with E-state index in [4.69, 9.17) is 65.4 Å². The molecule has 0 aliphatic heterocycles. The number of hydrogen-bond donors (Lipinski definition) is 0. The fourth-order valence-corrected chi connectivity index (χ4v) is 12.3. The Hall–Kier alpha value is -9.82. The number of hydrogen-bond acceptors (Lipinski definition) is 18. The monoisotopic (exact) mass is 1710 g/mol. The summed E-state index contributed by atoms with van der Waals surface area (Å²) in [5, 5.41) is 49.4. The van der Waals surface area contributed by atoms with Gasteiger partial charge in [-0.15, -0.1) is 0 Å². The summed E-state index contributed by atoms with van der Waals surface area (Å²) in [6.07, 6.45) is 5.43. The summed E-state index contributed by atoms with van der Waals surface area (Å²) in [6.45, 7) is 6.88. The molecule has 0 amide bonds. The van der Waals surface area contributed by atoms with Gasteiger partial charge < -0.3 is 58.6 Å². The third-order valence-corrected chi connectivity index (χ3v) is 17.6. The average Bonchev–Trinajstić information content (AvgIpc) is 1.63. The van der Waals surface area contributed by atoms with Crippen LogP contribution < -0.4 is 39.4 Å². The van der Waals surface area contributed by atoms with Gasteiger partial charge in [-0.1, -0.05) is 46.4 Å². The van der Waals surface area contributed by atoms with Crippen molar-refractivity contribution in [1.82, 2.24) is 18.3 Å². The summed E-state index contributed by atoms with van der Waals surface area (Å²) in [5.74, 6) is -3.50. The van der Waals surface area contributed by atoms with Crippen LogP contribution in [0, 0.1) is 27.7 Å². The van der Waals surface area contributed by atoms with E-state index in [1.165, 1.54) is 46.7 Å². The molecule has 12 rings (SSSR count). The molecule has 4 aromatic heterocycles. The zero-order valence-electron chi connectivity index (χ0n) is 61.1. The number of methoxy groups -OCH3 is 4. The second kappa shape index (κ2) is 41.3. The molecule has 0 N–H and O–H groups in total. The van der Waals surface area contributed by atoms with Crippen molar-refractivity contribution in [1.29, 1.82) is 0 Å². The number of rotatable bonds is 16. The van der Waals surface area contributed by atoms with Crippen molar-refractivity contribution in [2.75, 3.05) is 53.5 Å². The molecule has 12 aromatic rings. The van der Waals surface area contributed by atoms with Crippen molar-refractivity contribution >= 4 is 159 Å². The molecule has 22 nitrogen and oxygen atoms in total. The molecule has 110 heavy (non-hydrogen) atoms. The first-order valence-corrected chi connectivity index (χ1v) is 37.8. The summed E-state index contributed by atoms with van der Waals surface area (Å²) in [7, 11) is 4.90. The minimum absolute atomic E-state index is 0. The van der Waals surface area contributed by atoms with Gasteiger partial charge in [-0.3, -0.25) is 45.9 Å². The molecule has 0 fully saturated rings. The van der Waals surface area contributed by atoms with Crippen molar-refractivity contribution in [2.24, 2.45) is 0 Å². The molecule has 4 heterocycles. The van der Waals surface area contributed by atoms with Crippen LogP contribution >= 0.6 is 46.4 Å². The molecule has 0 spiro atoms. The van der Waals surface area contributed by atoms with Crippen LogP contribution in [0.3, 0.4) is 0 Å². The van der Waals surface area contributed by atoms with Gasteiger partial charge >= 0.3 is 34.1 Å². The Morgan fingerprint density at radius 2 is 0.464 bits per heavy atom. The minimum atomic E-state index is -1.20. The van der Waals surface area contributed by atoms with Crippen LogP contribution in [0.2, 0.25) is 20.1 Å². The van der Waals surface area contributed by atoms with Crippen molar-refractivity contribution in [3.8, 4) is 23.0 Å². The number of ether oxygens (including phenoxy) is 4. The molecule has 2 radical (unpaired) electrons. The molecule has 0 saturated heterocycles. The number of benzene rings is 8. The topological polar surface area (TPSA) is 320 Å². The SMILES string of the molecule is COc1ccc2c(c1)c(CC(=O)[O-])c(C)n2C(=O)c1ccc(Cl)cc1.COc1ccc2c(c1)c(CC(=O)[O-])c(C)n2C(=O)c1ccc(Cl)cc1.COc1ccc2c(c1)c(CC(=O)[O-])c(C)n2C(=O)c1ccc(Cl)cc1.COc1ccc2c(c1)c(CC(=O)[O-])c(C)n2C(=O)c1ccc(Cl)cc1.CS(C)=O.CS(C)=O.[Cu+2].[Cu+2]. The van der Waals surface area contributed by atoms with Crippen LogP contribution in [0.15, 0.2) is 170 Å². The van der Waals surface area contributed by atoms with Crippen molar-refractivity contribution < 1.29 is 120 Å². The Morgan fingerprint density at radius 1 is 0.309 bits per heavy atom. The Labute approximate surface area is 679 Å². The van der Waals surface area contributed by atoms with Crippen LogP contribution in [-0.4, -0.2) is 128 Å². The zero-order valence-corrected chi connectivity index (χ0v) is 67.6. The van der Waals surface area contributed by atoms with Crippen LogP contribution in [-0.2, 0) is 101 Å². The maximum Gasteiger partial charge on any atom is 2.00 e. The number of aromatic nitrogens is 4. The van der Waals surface area contributed by atoms with Crippen molar-refractivity contribution in [2.45, 2.75) is 53.4 Å². The number of halogens is 4. The van der Waals surface area contributed by atoms with E-state index in [0.29, 0.717) is 154 Å². The summed E-state index contributed by atoms with van der Waals surface area (Å²) < 4.78 is 46.0. The van der Waals surface area contributed by atoms with E-state index in [1.807, 2.05) is 0 Å². The van der Waals surface area contributed by atoms with Crippen LogP contribution in [0.4, 0.5) is 0 Å². The zero-order chi connectivity index (χ0) is 79.7. The smallest absolute Gasteiger partial charge is 0.550 e. The van der Waals surface area contributed by atoms with Gasteiger partial charge in [0.05, 0.1) is 50.5 Å². The predicted molar refractivity (Wildman–Crippen MR) is 412 cm³/mol. The molecule has 8 aromatic carbocycles. The van der Waals surface area contributed by atoms with Gasteiger partial charge in [-0.2, -0.15) is 0 Å². The van der Waals surface area contributed by atoms with Crippen molar-refractivity contribution in [3.63, 3.8) is 0 Å². The standard InChI is InChI=1S/4C19H16ClNO4.2C2H6OS.2Cu/c4*1-11-15(10-18(22)23)16-9-14(25-2)7-8-17(16)21(11)19(24)12-3-5-13(20)6-4-12;2*1-4(2)3;;/h4*3-9H,10H2,1-2H3,(H,22,23);2*1-2H3;;/q;;;;;;2*+2/p-4. The van der Waals surface area contributed by atoms with Gasteiger partial charge in [0, 0.05) is 183 Å². The maximum atomic E-state index is 13.0. The maximum absolute atomic E-state index is 13.0. The third kappa shape index (κ3) is 22.7. The van der Waals surface area contributed by atoms with Gasteiger partial charge in [-0.25, -0.2) is 0 Å². The molecule has 0 saturated carbocycles. The van der Waals surface area contributed by atoms with Gasteiger partial charge in [0.1, 0.15) is 23.0 Å². The quantitative estimate of drug-likeness (QED) is 0.0811. The van der Waals surface area contributed by atoms with Crippen molar-refractivity contribution in [3.05, 3.63) is 257 Å². The average molecular weight is 1710 g/mol. The Balaban J connectivity index is 0.000000252. The van der Waals surface area contributed by atoms with Crippen LogP contribution in [0.1, 0.15) is 86.5 Å². The summed E-state index contributed by atoms with van der Waals surface area (Å²) in [4.78, 5) is 96.5. The number of nitrogens with zero attached hydrogens (tertiary/aromatic N) is 4. The first kappa shape index (κ1) is 90.8. The number of fused-ring (bicyclic) bond motifs is 4. The number of carbonyl (C=O) groups is 8. The summed E-state index contributed by atoms with van der Waals surface area (Å²) >= 11 is 23.5. The van der Waals surface area contributed by atoms with E-state index in [1.54, 1.807) is 223 Å². The van der Waals surface area contributed by atoms with Gasteiger partial charge in [0.15, 0.2) is 0 Å². The third-order valence-electron chi connectivity index (χ3n) is 16.6. The van der Waals surface area contributed by atoms with E-state index >= 15 is 0 Å². The molecule has 0 aliphatic rings. The molecular weight excluding hydrogens is 1640 g/mol. The number of carboxylic acid groups (broad SMARTS) is 4. The molecule has 0 aliphatic carbocycles. The summed E-state index contributed by atoms with van der Waals surface area (Å²) in [5.41, 5.74) is 8.72. The van der Waals surface area contributed by atoms with Gasteiger partial charge in [0.2, 0.25) is 0 Å². The Bertz CT molecular complexity index is 4780. The Kier molecular flexibility index (Phi) is 34.1. The number of carbonyl (C=O) groups excluding carboxylic acids is 8. The molecule has 0 unspecified atom stereocenters. The van der Waals surface area contributed by atoms with E-state index in [0.717, 1.165) is 0 Å². The molecule has 582 valence electrons. The normalized spacial score (nSPS) is 10.5. The molecule has 30 heteroatoms. The van der Waals surface area contributed by atoms with E-state index in [2.05, 4.69) is 0 Å². The number of aliphatic carboxylic acids is 4. The second-order valence-corrected chi connectivity index (χ2v) is 28.8. The van der Waals surface area contributed by atoms with E-state index in [9.17, 15) is 67.2 Å². The molecule has 0 atom stereocenters. The predicted octanol–water partition coefficient (Wildman–Crippen LogP) is 10.4. The first-order valence-electron chi connectivity index (χ1n) is 32.4. The van der Waals surface area contributed by atoms with Gasteiger partial charge in [-0.05, 0) is 220 Å². The second-order valence-electron chi connectivity index (χ2n) is 24.1. The van der Waals surface area contributed by atoms with E-state index < -0.39 is 45.5 Å². The fraction of sp³-hybridized carbons (Fsp3) is 0.200. The van der Waals surface area contributed by atoms with Crippen LogP contribution in [0.5, 0.6) is 23.0 Å². The molecular formula is C80H72Cl4Cu2N4O18S2. The van der Waals surface area contributed by atoms with Crippen LogP contribution in [0.25, 0.3) is 43.6 Å². The minimum Gasteiger partial charge on any atom is -0.550 e. The first-order chi connectivity index (χ1) is 51.1. The number of carboxylic acids is 4.